The lowest BCUT2D eigenvalue weighted by Gasteiger charge is -2.25. The molecule has 1 aromatic rings. The van der Waals surface area contributed by atoms with Gasteiger partial charge < -0.3 is 16.2 Å². The predicted molar refractivity (Wildman–Crippen MR) is 131 cm³/mol. The highest BCUT2D eigenvalue weighted by molar-refractivity contribution is 7.89. The number of aliphatic carboxylic acids is 1. The summed E-state index contributed by atoms with van der Waals surface area (Å²) in [5, 5.41) is 19.2. The number of hydrogen-bond acceptors (Lipinski definition) is 6. The Balaban J connectivity index is 1.82. The topological polar surface area (TPSA) is 171 Å². The maximum Gasteiger partial charge on any atom is 0.326 e. The molecule has 11 heteroatoms. The summed E-state index contributed by atoms with van der Waals surface area (Å²) in [5.74, 6) is -1.80. The molecule has 1 saturated heterocycles. The van der Waals surface area contributed by atoms with Crippen molar-refractivity contribution in [2.45, 2.75) is 87.6 Å². The first-order chi connectivity index (χ1) is 16.6. The van der Waals surface area contributed by atoms with Crippen LogP contribution < -0.4 is 11.1 Å². The van der Waals surface area contributed by atoms with Crippen molar-refractivity contribution < 1.29 is 27.9 Å². The van der Waals surface area contributed by atoms with Crippen LogP contribution in [0.3, 0.4) is 0 Å². The molecule has 2 atom stereocenters. The van der Waals surface area contributed by atoms with Crippen LogP contribution in [0.5, 0.6) is 0 Å². The molecule has 0 unspecified atom stereocenters. The van der Waals surface area contributed by atoms with Gasteiger partial charge in [0.15, 0.2) is 0 Å². The zero-order valence-electron chi connectivity index (χ0n) is 19.9. The highest BCUT2D eigenvalue weighted by Gasteiger charge is 2.40. The number of carboxylic acids is 1. The number of carboxylic acid groups (broad SMARTS) is 1. The van der Waals surface area contributed by atoms with E-state index in [1.165, 1.54) is 12.1 Å². The van der Waals surface area contributed by atoms with Gasteiger partial charge in [-0.15, -0.1) is 0 Å². The maximum atomic E-state index is 13.0. The van der Waals surface area contributed by atoms with Gasteiger partial charge in [-0.1, -0.05) is 37.5 Å². The largest absolute Gasteiger partial charge is 0.480 e. The van der Waals surface area contributed by atoms with Crippen molar-refractivity contribution in [2.75, 3.05) is 6.54 Å². The first kappa shape index (κ1) is 28.4. The van der Waals surface area contributed by atoms with Gasteiger partial charge in [-0.25, -0.2) is 13.2 Å². The summed E-state index contributed by atoms with van der Waals surface area (Å²) < 4.78 is 27.1. The van der Waals surface area contributed by atoms with E-state index >= 15 is 0 Å². The summed E-state index contributed by atoms with van der Waals surface area (Å²) in [7, 11) is -3.88. The Labute approximate surface area is 206 Å². The minimum Gasteiger partial charge on any atom is -0.480 e. The molecule has 2 rings (SSSR count). The standard InChI is InChI=1S/C24H36N4O6S/c25-22(26)14-8-3-1-2-5-10-18(29)15-16-20(24(31)32)27-23(30)21-13-9-17-28(21)35(33,34)19-11-6-4-7-12-19/h4,6-7,11-12,20-21H,1-3,5,8-10,13-17H2,(H3,25,26)(H,27,30)(H,31,32)/t20-,21-/m0/s1. The van der Waals surface area contributed by atoms with Crippen molar-refractivity contribution in [1.82, 2.24) is 9.62 Å². The minimum absolute atomic E-state index is 0.0261. The molecule has 0 radical (unpaired) electrons. The number of carbonyl (C=O) groups excluding carboxylic acids is 2. The fraction of sp³-hybridized carbons (Fsp3) is 0.583. The second-order valence-corrected chi connectivity index (χ2v) is 10.7. The summed E-state index contributed by atoms with van der Waals surface area (Å²) in [5.41, 5.74) is 5.31. The molecule has 0 saturated carbocycles. The maximum absolute atomic E-state index is 13.0. The van der Waals surface area contributed by atoms with Gasteiger partial charge >= 0.3 is 5.97 Å². The smallest absolute Gasteiger partial charge is 0.326 e. The first-order valence-corrected chi connectivity index (χ1v) is 13.5. The lowest BCUT2D eigenvalue weighted by Crippen LogP contribution is -2.50. The third-order valence-electron chi connectivity index (χ3n) is 6.08. The van der Waals surface area contributed by atoms with E-state index in [2.05, 4.69) is 5.32 Å². The van der Waals surface area contributed by atoms with Crippen molar-refractivity contribution in [3.63, 3.8) is 0 Å². The number of carbonyl (C=O) groups is 3. The second kappa shape index (κ2) is 13.9. The third kappa shape index (κ3) is 9.06. The lowest BCUT2D eigenvalue weighted by molar-refractivity contribution is -0.142. The Bertz CT molecular complexity index is 983. The number of ketones is 1. The van der Waals surface area contributed by atoms with Gasteiger partial charge in [0.25, 0.3) is 0 Å². The van der Waals surface area contributed by atoms with Crippen LogP contribution in [0.2, 0.25) is 0 Å². The van der Waals surface area contributed by atoms with E-state index in [-0.39, 0.29) is 35.9 Å². The zero-order chi connectivity index (χ0) is 25.8. The Morgan fingerprint density at radius 1 is 1.06 bits per heavy atom. The fourth-order valence-corrected chi connectivity index (χ4v) is 5.82. The molecule has 1 heterocycles. The Kier molecular flexibility index (Phi) is 11.3. The van der Waals surface area contributed by atoms with Crippen LogP contribution in [0.1, 0.15) is 70.6 Å². The number of nitrogens with zero attached hydrogens (tertiary/aromatic N) is 1. The van der Waals surface area contributed by atoms with E-state index in [1.807, 2.05) is 0 Å². The number of nitrogens with one attached hydrogen (secondary N) is 2. The van der Waals surface area contributed by atoms with Crippen LogP contribution in [-0.2, 0) is 24.4 Å². The van der Waals surface area contributed by atoms with Crippen molar-refractivity contribution in [3.05, 3.63) is 30.3 Å². The van der Waals surface area contributed by atoms with Crippen LogP contribution in [0.25, 0.3) is 0 Å². The summed E-state index contributed by atoms with van der Waals surface area (Å²) in [6.07, 6.45) is 6.02. The fourth-order valence-electron chi connectivity index (χ4n) is 4.14. The van der Waals surface area contributed by atoms with Crippen LogP contribution >= 0.6 is 0 Å². The van der Waals surface area contributed by atoms with Crippen molar-refractivity contribution in [1.29, 1.82) is 5.41 Å². The minimum atomic E-state index is -3.88. The van der Waals surface area contributed by atoms with Crippen LogP contribution in [-0.4, -0.2) is 60.0 Å². The van der Waals surface area contributed by atoms with Crippen LogP contribution in [0.4, 0.5) is 0 Å². The van der Waals surface area contributed by atoms with Gasteiger partial charge in [0.2, 0.25) is 15.9 Å². The van der Waals surface area contributed by atoms with Gasteiger partial charge in [-0.05, 0) is 44.2 Å². The monoisotopic (exact) mass is 508 g/mol. The van der Waals surface area contributed by atoms with Crippen molar-refractivity contribution in [2.24, 2.45) is 5.73 Å². The predicted octanol–water partition coefficient (Wildman–Crippen LogP) is 2.43. The highest BCUT2D eigenvalue weighted by atomic mass is 32.2. The average Bonchev–Trinajstić information content (AvgIpc) is 3.32. The number of Topliss-reactive ketones (excluding diaryl/α,β-unsaturated/α-hetero) is 1. The molecule has 5 N–H and O–H groups in total. The van der Waals surface area contributed by atoms with Crippen LogP contribution in [0.15, 0.2) is 35.2 Å². The number of unbranched alkanes of at least 4 members (excludes halogenated alkanes) is 4. The van der Waals surface area contributed by atoms with Gasteiger partial charge in [0, 0.05) is 25.8 Å². The summed E-state index contributed by atoms with van der Waals surface area (Å²) in [6, 6.07) is 5.57. The molecule has 1 amide bonds. The number of rotatable bonds is 16. The van der Waals surface area contributed by atoms with E-state index in [9.17, 15) is 27.9 Å². The summed E-state index contributed by atoms with van der Waals surface area (Å²) in [4.78, 5) is 36.8. The van der Waals surface area contributed by atoms with E-state index in [0.717, 1.165) is 30.0 Å². The number of nitrogens with two attached hydrogens (primary N) is 1. The van der Waals surface area contributed by atoms with Gasteiger partial charge in [0.1, 0.15) is 17.9 Å². The Hall–Kier alpha value is -2.79. The lowest BCUT2D eigenvalue weighted by atomic mass is 10.0. The molecule has 0 bridgehead atoms. The number of amides is 1. The normalized spacial score (nSPS) is 17.1. The molecule has 1 fully saturated rings. The van der Waals surface area contributed by atoms with Gasteiger partial charge in [0.05, 0.1) is 10.7 Å². The quantitative estimate of drug-likeness (QED) is 0.151. The van der Waals surface area contributed by atoms with E-state index in [0.29, 0.717) is 32.1 Å². The Morgan fingerprint density at radius 2 is 1.69 bits per heavy atom. The molecule has 1 aliphatic heterocycles. The van der Waals surface area contributed by atoms with Crippen molar-refractivity contribution >= 4 is 33.5 Å². The number of benzene rings is 1. The van der Waals surface area contributed by atoms with Crippen molar-refractivity contribution in [3.8, 4) is 0 Å². The molecule has 194 valence electrons. The molecular formula is C24H36N4O6S. The molecule has 0 aliphatic carbocycles. The number of amidine groups is 1. The van der Waals surface area contributed by atoms with Gasteiger partial charge in [-0.3, -0.25) is 15.0 Å². The number of sulfonamides is 1. The SMILES string of the molecule is N=C(N)CCCCCCCC(=O)CC[C@H](NC(=O)[C@@H]1CCCN1S(=O)(=O)c1ccccc1)C(=O)O. The van der Waals surface area contributed by atoms with E-state index in [4.69, 9.17) is 11.1 Å². The number of hydrogen-bond donors (Lipinski definition) is 4. The van der Waals surface area contributed by atoms with E-state index < -0.39 is 34.0 Å². The second-order valence-electron chi connectivity index (χ2n) is 8.86. The zero-order valence-corrected chi connectivity index (χ0v) is 20.8. The summed E-state index contributed by atoms with van der Waals surface area (Å²) in [6.45, 7) is 0.181. The third-order valence-corrected chi connectivity index (χ3v) is 8.01. The molecule has 0 spiro atoms. The van der Waals surface area contributed by atoms with Gasteiger partial charge in [-0.2, -0.15) is 4.31 Å². The average molecular weight is 509 g/mol. The molecular weight excluding hydrogens is 472 g/mol. The molecule has 10 nitrogen and oxygen atoms in total. The van der Waals surface area contributed by atoms with Crippen LogP contribution in [0, 0.1) is 5.41 Å². The van der Waals surface area contributed by atoms with E-state index in [1.54, 1.807) is 18.2 Å². The molecule has 0 aromatic heterocycles. The summed E-state index contributed by atoms with van der Waals surface area (Å²) >= 11 is 0. The Morgan fingerprint density at radius 3 is 2.31 bits per heavy atom. The highest BCUT2D eigenvalue weighted by Crippen LogP contribution is 2.26. The molecule has 1 aliphatic rings. The first-order valence-electron chi connectivity index (χ1n) is 12.1. The molecule has 1 aromatic carbocycles. The molecule has 35 heavy (non-hydrogen) atoms.